The van der Waals surface area contributed by atoms with Gasteiger partial charge in [0.05, 0.1) is 11.5 Å². The molecular weight excluding hydrogens is 262 g/mol. The highest BCUT2D eigenvalue weighted by atomic mass is 32.2. The van der Waals surface area contributed by atoms with E-state index in [9.17, 15) is 18.5 Å². The number of nitro groups is 1. The van der Waals surface area contributed by atoms with Gasteiger partial charge in [-0.05, 0) is 24.8 Å². The van der Waals surface area contributed by atoms with Gasteiger partial charge in [0.15, 0.2) is 4.90 Å². The van der Waals surface area contributed by atoms with Crippen molar-refractivity contribution >= 4 is 15.8 Å². The lowest BCUT2D eigenvalue weighted by atomic mass is 10.3. The Morgan fingerprint density at radius 1 is 1.44 bits per heavy atom. The second-order valence-electron chi connectivity index (χ2n) is 4.12. The third kappa shape index (κ3) is 2.96. The number of hydrogen-bond acceptors (Lipinski definition) is 5. The molecule has 0 radical (unpaired) electrons. The van der Waals surface area contributed by atoms with Crippen molar-refractivity contribution in [1.29, 1.82) is 0 Å². The van der Waals surface area contributed by atoms with E-state index in [0.717, 1.165) is 25.0 Å². The monoisotopic (exact) mass is 273 g/mol. The minimum absolute atomic E-state index is 0.195. The van der Waals surface area contributed by atoms with Gasteiger partial charge in [-0.3, -0.25) is 14.7 Å². The molecule has 98 valence electrons. The van der Waals surface area contributed by atoms with Crippen molar-refractivity contribution in [2.45, 2.75) is 17.7 Å². The van der Waals surface area contributed by atoms with Crippen molar-refractivity contribution in [3.63, 3.8) is 0 Å². The molecular formula is C10H11NO6S. The van der Waals surface area contributed by atoms with Crippen LogP contribution < -0.4 is 4.74 Å². The number of rotatable bonds is 5. The molecule has 0 saturated heterocycles. The summed E-state index contributed by atoms with van der Waals surface area (Å²) in [5, 5.41) is 10.6. The fourth-order valence-corrected chi connectivity index (χ4v) is 2.11. The lowest BCUT2D eigenvalue weighted by molar-refractivity contribution is -0.387. The topological polar surface area (TPSA) is 107 Å². The molecule has 1 fully saturated rings. The van der Waals surface area contributed by atoms with E-state index < -0.39 is 25.6 Å². The Bertz CT molecular complexity index is 578. The van der Waals surface area contributed by atoms with E-state index in [1.54, 1.807) is 0 Å². The van der Waals surface area contributed by atoms with Crippen LogP contribution in [0.3, 0.4) is 0 Å². The van der Waals surface area contributed by atoms with Crippen molar-refractivity contribution in [3.05, 3.63) is 28.3 Å². The maximum absolute atomic E-state index is 11.1. The van der Waals surface area contributed by atoms with Crippen LogP contribution in [0.5, 0.6) is 5.75 Å². The first kappa shape index (κ1) is 12.8. The van der Waals surface area contributed by atoms with Gasteiger partial charge in [0.2, 0.25) is 0 Å². The first-order chi connectivity index (χ1) is 8.38. The Labute approximate surface area is 103 Å². The maximum atomic E-state index is 11.1. The largest absolute Gasteiger partial charge is 0.493 e. The van der Waals surface area contributed by atoms with Gasteiger partial charge < -0.3 is 4.74 Å². The quantitative estimate of drug-likeness (QED) is 0.496. The zero-order valence-corrected chi connectivity index (χ0v) is 10.1. The third-order valence-electron chi connectivity index (χ3n) is 2.59. The third-order valence-corrected chi connectivity index (χ3v) is 3.47. The Kier molecular flexibility index (Phi) is 3.22. The summed E-state index contributed by atoms with van der Waals surface area (Å²) in [6.07, 6.45) is 2.14. The summed E-state index contributed by atoms with van der Waals surface area (Å²) in [6, 6.07) is 3.29. The van der Waals surface area contributed by atoms with E-state index >= 15 is 0 Å². The molecule has 1 aliphatic rings. The molecule has 1 aromatic rings. The lowest BCUT2D eigenvalue weighted by Gasteiger charge is -2.06. The van der Waals surface area contributed by atoms with Gasteiger partial charge in [-0.25, -0.2) is 0 Å². The van der Waals surface area contributed by atoms with Gasteiger partial charge in [0, 0.05) is 12.1 Å². The molecule has 1 N–H and O–H groups in total. The summed E-state index contributed by atoms with van der Waals surface area (Å²) in [7, 11) is -4.65. The zero-order chi connectivity index (χ0) is 13.3. The molecule has 0 aliphatic heterocycles. The van der Waals surface area contributed by atoms with Crippen LogP contribution in [-0.4, -0.2) is 24.5 Å². The number of nitrogens with zero attached hydrogens (tertiary/aromatic N) is 1. The molecule has 18 heavy (non-hydrogen) atoms. The van der Waals surface area contributed by atoms with Crippen molar-refractivity contribution in [2.75, 3.05) is 6.61 Å². The van der Waals surface area contributed by atoms with E-state index in [-0.39, 0.29) is 5.75 Å². The smallest absolute Gasteiger partial charge is 0.301 e. The normalized spacial score (nSPS) is 15.4. The van der Waals surface area contributed by atoms with Crippen LogP contribution in [0.25, 0.3) is 0 Å². The Balaban J connectivity index is 2.31. The standard InChI is InChI=1S/C10H11NO6S/c12-11(13)9-4-3-8(17-6-7-1-2-7)5-10(9)18(14,15)16/h3-5,7H,1-2,6H2,(H,14,15,16). The number of benzene rings is 1. The summed E-state index contributed by atoms with van der Waals surface area (Å²) < 4.78 is 36.4. The summed E-state index contributed by atoms with van der Waals surface area (Å²) in [5.41, 5.74) is -0.670. The van der Waals surface area contributed by atoms with Crippen LogP contribution in [0.15, 0.2) is 23.1 Å². The second-order valence-corrected chi connectivity index (χ2v) is 5.51. The van der Waals surface area contributed by atoms with Crippen LogP contribution in [0.2, 0.25) is 0 Å². The van der Waals surface area contributed by atoms with Crippen LogP contribution in [0, 0.1) is 16.0 Å². The highest BCUT2D eigenvalue weighted by Gasteiger charge is 2.26. The first-order valence-electron chi connectivity index (χ1n) is 5.26. The Morgan fingerprint density at radius 3 is 2.61 bits per heavy atom. The van der Waals surface area contributed by atoms with Crippen LogP contribution >= 0.6 is 0 Å². The molecule has 0 aromatic heterocycles. The van der Waals surface area contributed by atoms with Crippen LogP contribution in [-0.2, 0) is 10.1 Å². The average molecular weight is 273 g/mol. The van der Waals surface area contributed by atoms with Gasteiger partial charge in [0.1, 0.15) is 5.75 Å². The van der Waals surface area contributed by atoms with E-state index in [1.165, 1.54) is 6.07 Å². The molecule has 1 aliphatic carbocycles. The van der Waals surface area contributed by atoms with Gasteiger partial charge in [-0.1, -0.05) is 0 Å². The minimum atomic E-state index is -4.65. The summed E-state index contributed by atoms with van der Waals surface area (Å²) in [5.74, 6) is 0.662. The molecule has 0 amide bonds. The molecule has 1 saturated carbocycles. The predicted octanol–water partition coefficient (Wildman–Crippen LogP) is 1.63. The van der Waals surface area contributed by atoms with Crippen molar-refractivity contribution < 1.29 is 22.6 Å². The van der Waals surface area contributed by atoms with E-state index in [4.69, 9.17) is 9.29 Å². The fraction of sp³-hybridized carbons (Fsp3) is 0.400. The number of nitro benzene ring substituents is 1. The zero-order valence-electron chi connectivity index (χ0n) is 9.27. The second kappa shape index (κ2) is 4.54. The van der Waals surface area contributed by atoms with Crippen molar-refractivity contribution in [2.24, 2.45) is 5.92 Å². The molecule has 0 unspecified atom stereocenters. The summed E-state index contributed by atoms with van der Waals surface area (Å²) in [6.45, 7) is 0.447. The molecule has 0 spiro atoms. The SMILES string of the molecule is O=[N+]([O-])c1ccc(OCC2CC2)cc1S(=O)(=O)O. The molecule has 7 nitrogen and oxygen atoms in total. The molecule has 0 bridgehead atoms. The van der Waals surface area contributed by atoms with Gasteiger partial charge >= 0.3 is 10.1 Å². The van der Waals surface area contributed by atoms with Crippen molar-refractivity contribution in [1.82, 2.24) is 0 Å². The Hall–Kier alpha value is -1.67. The van der Waals surface area contributed by atoms with Gasteiger partial charge in [-0.2, -0.15) is 8.42 Å². The molecule has 2 rings (SSSR count). The van der Waals surface area contributed by atoms with E-state index in [2.05, 4.69) is 0 Å². The first-order valence-corrected chi connectivity index (χ1v) is 6.70. The molecule has 1 aromatic carbocycles. The van der Waals surface area contributed by atoms with Gasteiger partial charge in [0.25, 0.3) is 5.69 Å². The fourth-order valence-electron chi connectivity index (χ4n) is 1.44. The number of hydrogen-bond donors (Lipinski definition) is 1. The molecule has 0 atom stereocenters. The summed E-state index contributed by atoms with van der Waals surface area (Å²) >= 11 is 0. The summed E-state index contributed by atoms with van der Waals surface area (Å²) in [4.78, 5) is 9.03. The average Bonchev–Trinajstić information content (AvgIpc) is 3.08. The lowest BCUT2D eigenvalue weighted by Crippen LogP contribution is -2.05. The Morgan fingerprint density at radius 2 is 2.11 bits per heavy atom. The van der Waals surface area contributed by atoms with Crippen LogP contribution in [0.4, 0.5) is 5.69 Å². The van der Waals surface area contributed by atoms with E-state index in [0.29, 0.717) is 12.5 Å². The van der Waals surface area contributed by atoms with E-state index in [1.807, 2.05) is 0 Å². The minimum Gasteiger partial charge on any atom is -0.493 e. The van der Waals surface area contributed by atoms with Crippen molar-refractivity contribution in [3.8, 4) is 5.75 Å². The van der Waals surface area contributed by atoms with Crippen LogP contribution in [0.1, 0.15) is 12.8 Å². The van der Waals surface area contributed by atoms with Gasteiger partial charge in [-0.15, -0.1) is 0 Å². The number of ether oxygens (including phenoxy) is 1. The predicted molar refractivity (Wildman–Crippen MR) is 61.1 cm³/mol. The molecule has 8 heteroatoms. The highest BCUT2D eigenvalue weighted by Crippen LogP contribution is 2.32. The maximum Gasteiger partial charge on any atom is 0.301 e. The highest BCUT2D eigenvalue weighted by molar-refractivity contribution is 7.86. The molecule has 0 heterocycles.